The number of hydrogen-bond donors (Lipinski definition) is 1. The van der Waals surface area contributed by atoms with Crippen LogP contribution in [0.4, 0.5) is 0 Å². The zero-order chi connectivity index (χ0) is 9.26. The number of H-pyrrole nitrogens is 1. The van der Waals surface area contributed by atoms with Gasteiger partial charge >= 0.3 is 0 Å². The lowest BCUT2D eigenvalue weighted by atomic mass is 10.1. The highest BCUT2D eigenvalue weighted by Crippen LogP contribution is 2.23. The van der Waals surface area contributed by atoms with E-state index in [4.69, 9.17) is 16.9 Å². The fourth-order valence-electron chi connectivity index (χ4n) is 1.28. The van der Waals surface area contributed by atoms with Gasteiger partial charge in [-0.3, -0.25) is 0 Å². The Morgan fingerprint density at radius 2 is 2.38 bits per heavy atom. The Kier molecular flexibility index (Phi) is 1.91. The number of nitrogens with one attached hydrogen (secondary N) is 1. The second-order valence-corrected chi connectivity index (χ2v) is 3.07. The van der Waals surface area contributed by atoms with Crippen molar-refractivity contribution in [3.63, 3.8) is 0 Å². The summed E-state index contributed by atoms with van der Waals surface area (Å²) in [5.41, 5.74) is 2.49. The molecule has 1 aromatic carbocycles. The van der Waals surface area contributed by atoms with E-state index in [2.05, 4.69) is 16.0 Å². The van der Waals surface area contributed by atoms with Gasteiger partial charge in [0.25, 0.3) is 0 Å². The second-order valence-electron chi connectivity index (χ2n) is 2.67. The third-order valence-corrected chi connectivity index (χ3v) is 2.20. The molecule has 0 bridgehead atoms. The highest BCUT2D eigenvalue weighted by Gasteiger charge is 2.05. The Morgan fingerprint density at radius 1 is 1.54 bits per heavy atom. The van der Waals surface area contributed by atoms with Crippen LogP contribution >= 0.6 is 11.6 Å². The Labute approximate surface area is 80.0 Å². The Bertz CT molecular complexity index is 481. The van der Waals surface area contributed by atoms with Gasteiger partial charge in [-0.2, -0.15) is 5.26 Å². The van der Waals surface area contributed by atoms with Gasteiger partial charge in [0.15, 0.2) is 0 Å². The van der Waals surface area contributed by atoms with Crippen molar-refractivity contribution in [3.05, 3.63) is 29.0 Å². The normalized spacial score (nSPS) is 10.2. The summed E-state index contributed by atoms with van der Waals surface area (Å²) >= 11 is 5.92. The number of hydrogen-bond acceptors (Lipinski definition) is 2. The fraction of sp³-hybridized carbons (Fsp3) is 0.111. The van der Waals surface area contributed by atoms with Gasteiger partial charge in [0, 0.05) is 0 Å². The number of benzene rings is 1. The second kappa shape index (κ2) is 3.08. The summed E-state index contributed by atoms with van der Waals surface area (Å²) in [4.78, 5) is 7.04. The molecule has 0 atom stereocenters. The van der Waals surface area contributed by atoms with E-state index in [1.807, 2.05) is 6.07 Å². The largest absolute Gasteiger partial charge is 0.343 e. The number of aromatic nitrogens is 2. The molecule has 0 unspecified atom stereocenters. The molecule has 0 aliphatic carbocycles. The minimum absolute atomic E-state index is 0.360. The Morgan fingerprint density at radius 3 is 3.15 bits per heavy atom. The number of aromatic amines is 1. The summed E-state index contributed by atoms with van der Waals surface area (Å²) in [7, 11) is 0. The van der Waals surface area contributed by atoms with Gasteiger partial charge in [-0.15, -0.1) is 0 Å². The smallest absolute Gasteiger partial charge is 0.0940 e. The predicted octanol–water partition coefficient (Wildman–Crippen LogP) is 2.28. The molecule has 0 saturated carbocycles. The molecule has 1 aromatic heterocycles. The van der Waals surface area contributed by atoms with Crippen molar-refractivity contribution in [1.82, 2.24) is 9.97 Å². The van der Waals surface area contributed by atoms with E-state index in [1.54, 1.807) is 12.4 Å². The van der Waals surface area contributed by atoms with Gasteiger partial charge in [0.2, 0.25) is 0 Å². The van der Waals surface area contributed by atoms with Crippen LogP contribution in [-0.4, -0.2) is 9.97 Å². The molecule has 1 heterocycles. The van der Waals surface area contributed by atoms with Crippen LogP contribution in [0.1, 0.15) is 5.56 Å². The van der Waals surface area contributed by atoms with E-state index in [1.165, 1.54) is 0 Å². The van der Waals surface area contributed by atoms with Crippen LogP contribution in [0.15, 0.2) is 18.5 Å². The molecule has 2 rings (SSSR count). The van der Waals surface area contributed by atoms with Gasteiger partial charge < -0.3 is 4.98 Å². The molecule has 0 aliphatic rings. The minimum Gasteiger partial charge on any atom is -0.343 e. The molecule has 3 nitrogen and oxygen atoms in total. The fourth-order valence-corrected chi connectivity index (χ4v) is 1.49. The number of fused-ring (bicyclic) bond motifs is 1. The van der Waals surface area contributed by atoms with E-state index in [-0.39, 0.29) is 0 Å². The number of nitriles is 1. The number of halogens is 1. The van der Waals surface area contributed by atoms with Gasteiger partial charge in [0.05, 0.1) is 34.9 Å². The maximum Gasteiger partial charge on any atom is 0.0940 e. The highest BCUT2D eigenvalue weighted by molar-refractivity contribution is 6.35. The minimum atomic E-state index is 0.360. The number of imidazole rings is 1. The van der Waals surface area contributed by atoms with E-state index < -0.39 is 0 Å². The van der Waals surface area contributed by atoms with Gasteiger partial charge in [-0.25, -0.2) is 4.98 Å². The lowest BCUT2D eigenvalue weighted by Crippen LogP contribution is -1.84. The maximum atomic E-state index is 8.56. The van der Waals surface area contributed by atoms with E-state index in [0.29, 0.717) is 11.4 Å². The standard InChI is InChI=1S/C9H6ClN3/c10-7-2-1-6(3-4-11)8-9(7)13-5-12-8/h1-2,5H,3H2,(H,12,13). The first-order valence-electron chi connectivity index (χ1n) is 3.80. The van der Waals surface area contributed by atoms with E-state index in [9.17, 15) is 0 Å². The number of rotatable bonds is 1. The molecule has 64 valence electrons. The summed E-state index contributed by atoms with van der Waals surface area (Å²) in [6.45, 7) is 0. The van der Waals surface area contributed by atoms with Crippen molar-refractivity contribution in [3.8, 4) is 6.07 Å². The molecule has 0 aliphatic heterocycles. The Balaban J connectivity index is 2.72. The Hall–Kier alpha value is -1.53. The molecule has 13 heavy (non-hydrogen) atoms. The first kappa shape index (κ1) is 8.09. The molecule has 0 saturated heterocycles. The van der Waals surface area contributed by atoms with Gasteiger partial charge in [-0.1, -0.05) is 17.7 Å². The van der Waals surface area contributed by atoms with Crippen molar-refractivity contribution >= 4 is 22.6 Å². The van der Waals surface area contributed by atoms with E-state index in [0.717, 1.165) is 16.6 Å². The van der Waals surface area contributed by atoms with Crippen LogP contribution in [0.2, 0.25) is 5.02 Å². The molecule has 1 N–H and O–H groups in total. The monoisotopic (exact) mass is 191 g/mol. The van der Waals surface area contributed by atoms with Crippen molar-refractivity contribution in [2.24, 2.45) is 0 Å². The summed E-state index contributed by atoms with van der Waals surface area (Å²) in [6, 6.07) is 5.69. The SMILES string of the molecule is N#CCc1ccc(Cl)c2[nH]cnc12. The molecular weight excluding hydrogens is 186 g/mol. The lowest BCUT2D eigenvalue weighted by molar-refractivity contribution is 1.26. The van der Waals surface area contributed by atoms with Crippen LogP contribution in [0, 0.1) is 11.3 Å². The molecule has 0 amide bonds. The quantitative estimate of drug-likeness (QED) is 0.752. The first-order valence-corrected chi connectivity index (χ1v) is 4.18. The van der Waals surface area contributed by atoms with Crippen LogP contribution in [0.25, 0.3) is 11.0 Å². The van der Waals surface area contributed by atoms with Crippen LogP contribution in [0.5, 0.6) is 0 Å². The highest BCUT2D eigenvalue weighted by atomic mass is 35.5. The molecule has 0 radical (unpaired) electrons. The summed E-state index contributed by atoms with van der Waals surface area (Å²) in [6.07, 6.45) is 1.94. The maximum absolute atomic E-state index is 8.56. The zero-order valence-electron chi connectivity index (χ0n) is 6.71. The van der Waals surface area contributed by atoms with Gasteiger partial charge in [0.1, 0.15) is 0 Å². The lowest BCUT2D eigenvalue weighted by Gasteiger charge is -1.97. The van der Waals surface area contributed by atoms with E-state index >= 15 is 0 Å². The van der Waals surface area contributed by atoms with Gasteiger partial charge in [-0.05, 0) is 11.6 Å². The topological polar surface area (TPSA) is 52.5 Å². The zero-order valence-corrected chi connectivity index (χ0v) is 7.47. The van der Waals surface area contributed by atoms with Crippen molar-refractivity contribution in [2.45, 2.75) is 6.42 Å². The average molecular weight is 192 g/mol. The van der Waals surface area contributed by atoms with Crippen LogP contribution in [-0.2, 0) is 6.42 Å². The average Bonchev–Trinajstić information content (AvgIpc) is 2.59. The third-order valence-electron chi connectivity index (χ3n) is 1.88. The molecule has 0 fully saturated rings. The summed E-state index contributed by atoms with van der Waals surface area (Å²) in [5.74, 6) is 0. The molecule has 0 spiro atoms. The summed E-state index contributed by atoms with van der Waals surface area (Å²) < 4.78 is 0. The van der Waals surface area contributed by atoms with Crippen molar-refractivity contribution in [2.75, 3.05) is 0 Å². The van der Waals surface area contributed by atoms with Crippen molar-refractivity contribution in [1.29, 1.82) is 5.26 Å². The predicted molar refractivity (Wildman–Crippen MR) is 50.4 cm³/mol. The van der Waals surface area contributed by atoms with Crippen molar-refractivity contribution < 1.29 is 0 Å². The van der Waals surface area contributed by atoms with Crippen LogP contribution in [0.3, 0.4) is 0 Å². The van der Waals surface area contributed by atoms with Crippen LogP contribution < -0.4 is 0 Å². The first-order chi connectivity index (χ1) is 6.33. The molecule has 2 aromatic rings. The molecular formula is C9H6ClN3. The number of nitrogens with zero attached hydrogens (tertiary/aromatic N) is 2. The summed E-state index contributed by atoms with van der Waals surface area (Å²) in [5, 5.41) is 9.20. The molecule has 4 heteroatoms. The third kappa shape index (κ3) is 1.25.